The van der Waals surface area contributed by atoms with Crippen LogP contribution in [0, 0.1) is 6.92 Å². The third kappa shape index (κ3) is 4.94. The zero-order valence-electron chi connectivity index (χ0n) is 13.7. The van der Waals surface area contributed by atoms with Gasteiger partial charge >= 0.3 is 0 Å². The predicted octanol–water partition coefficient (Wildman–Crippen LogP) is 2.10. The van der Waals surface area contributed by atoms with E-state index in [1.54, 1.807) is 18.3 Å². The van der Waals surface area contributed by atoms with Crippen molar-refractivity contribution < 1.29 is 12.8 Å². The van der Waals surface area contributed by atoms with Crippen molar-refractivity contribution in [1.82, 2.24) is 19.9 Å². The number of pyridine rings is 1. The molecule has 8 heteroatoms. The minimum Gasteiger partial charge on any atom is -0.419 e. The van der Waals surface area contributed by atoms with E-state index in [2.05, 4.69) is 19.9 Å². The molecule has 0 unspecified atom stereocenters. The summed E-state index contributed by atoms with van der Waals surface area (Å²) in [6.45, 7) is 2.15. The average molecular weight is 358 g/mol. The van der Waals surface area contributed by atoms with Crippen LogP contribution >= 0.6 is 0 Å². The number of nitrogens with zero attached hydrogens (tertiary/aromatic N) is 3. The fourth-order valence-corrected chi connectivity index (χ4v) is 3.36. The fourth-order valence-electron chi connectivity index (χ4n) is 2.22. The molecule has 0 aliphatic rings. The van der Waals surface area contributed by atoms with Gasteiger partial charge in [0, 0.05) is 19.2 Å². The van der Waals surface area contributed by atoms with Crippen LogP contribution in [-0.2, 0) is 22.2 Å². The van der Waals surface area contributed by atoms with E-state index in [0.29, 0.717) is 23.9 Å². The Morgan fingerprint density at radius 1 is 1.08 bits per heavy atom. The van der Waals surface area contributed by atoms with Gasteiger partial charge in [-0.3, -0.25) is 4.98 Å². The number of aryl methyl sites for hydroxylation is 1. The van der Waals surface area contributed by atoms with Gasteiger partial charge in [0.15, 0.2) is 0 Å². The largest absolute Gasteiger partial charge is 0.419 e. The SMILES string of the molecule is Cc1ccc(CS(=O)(=O)NCCc2nnc(-c3ccccn3)o2)cc1. The smallest absolute Gasteiger partial charge is 0.266 e. The maximum absolute atomic E-state index is 12.1. The summed E-state index contributed by atoms with van der Waals surface area (Å²) >= 11 is 0. The number of aromatic nitrogens is 3. The maximum atomic E-state index is 12.1. The van der Waals surface area contributed by atoms with Crippen molar-refractivity contribution in [3.05, 3.63) is 65.7 Å². The second kappa shape index (κ2) is 7.54. The van der Waals surface area contributed by atoms with Crippen molar-refractivity contribution in [2.45, 2.75) is 19.1 Å². The van der Waals surface area contributed by atoms with Gasteiger partial charge in [-0.2, -0.15) is 0 Å². The van der Waals surface area contributed by atoms with Gasteiger partial charge in [-0.15, -0.1) is 10.2 Å². The van der Waals surface area contributed by atoms with Crippen LogP contribution in [0.3, 0.4) is 0 Å². The predicted molar refractivity (Wildman–Crippen MR) is 93.0 cm³/mol. The molecule has 3 aromatic rings. The van der Waals surface area contributed by atoms with Crippen molar-refractivity contribution in [3.63, 3.8) is 0 Å². The molecule has 25 heavy (non-hydrogen) atoms. The van der Waals surface area contributed by atoms with Crippen molar-refractivity contribution in [2.24, 2.45) is 0 Å². The second-order valence-corrected chi connectivity index (χ2v) is 7.41. The van der Waals surface area contributed by atoms with Crippen LogP contribution in [0.5, 0.6) is 0 Å². The van der Waals surface area contributed by atoms with Crippen molar-refractivity contribution >= 4 is 10.0 Å². The van der Waals surface area contributed by atoms with Crippen LogP contribution in [0.15, 0.2) is 53.1 Å². The van der Waals surface area contributed by atoms with Crippen LogP contribution in [-0.4, -0.2) is 30.1 Å². The van der Waals surface area contributed by atoms with Gasteiger partial charge in [-0.25, -0.2) is 13.1 Å². The Morgan fingerprint density at radius 2 is 1.88 bits per heavy atom. The van der Waals surface area contributed by atoms with Gasteiger partial charge in [-0.1, -0.05) is 35.9 Å². The minimum absolute atomic E-state index is 0.0592. The molecule has 2 heterocycles. The summed E-state index contributed by atoms with van der Waals surface area (Å²) in [6, 6.07) is 12.8. The maximum Gasteiger partial charge on any atom is 0.266 e. The summed E-state index contributed by atoms with van der Waals surface area (Å²) in [7, 11) is -3.42. The zero-order chi connectivity index (χ0) is 17.7. The molecule has 0 radical (unpaired) electrons. The first-order valence-corrected chi connectivity index (χ1v) is 9.44. The second-order valence-electron chi connectivity index (χ2n) is 5.60. The molecule has 0 saturated carbocycles. The van der Waals surface area contributed by atoms with Crippen LogP contribution in [0.25, 0.3) is 11.6 Å². The van der Waals surface area contributed by atoms with Gasteiger partial charge in [0.05, 0.1) is 5.75 Å². The van der Waals surface area contributed by atoms with E-state index in [0.717, 1.165) is 11.1 Å². The highest BCUT2D eigenvalue weighted by atomic mass is 32.2. The van der Waals surface area contributed by atoms with Gasteiger partial charge in [0.1, 0.15) is 5.69 Å². The third-order valence-corrected chi connectivity index (χ3v) is 4.85. The molecule has 0 spiro atoms. The average Bonchev–Trinajstić information content (AvgIpc) is 3.06. The van der Waals surface area contributed by atoms with E-state index >= 15 is 0 Å². The monoisotopic (exact) mass is 358 g/mol. The highest BCUT2D eigenvalue weighted by molar-refractivity contribution is 7.88. The lowest BCUT2D eigenvalue weighted by molar-refractivity contribution is 0.500. The molecular formula is C17H18N4O3S. The quantitative estimate of drug-likeness (QED) is 0.694. The molecule has 0 aliphatic carbocycles. The molecule has 2 aromatic heterocycles. The standard InChI is InChI=1S/C17H18N4O3S/c1-13-5-7-14(8-6-13)12-25(22,23)19-11-9-16-20-21-17(24-16)15-4-2-3-10-18-15/h2-8,10,19H,9,11-12H2,1H3. The summed E-state index contributed by atoms with van der Waals surface area (Å²) < 4.78 is 32.3. The number of benzene rings is 1. The summed E-state index contributed by atoms with van der Waals surface area (Å²) in [5, 5.41) is 7.84. The topological polar surface area (TPSA) is 98.0 Å². The van der Waals surface area contributed by atoms with Crippen LogP contribution < -0.4 is 4.72 Å². The van der Waals surface area contributed by atoms with Gasteiger partial charge in [0.2, 0.25) is 15.9 Å². The first-order chi connectivity index (χ1) is 12.0. The fraction of sp³-hybridized carbons (Fsp3) is 0.235. The van der Waals surface area contributed by atoms with E-state index in [-0.39, 0.29) is 12.3 Å². The Kier molecular flexibility index (Phi) is 5.20. The molecule has 0 aliphatic heterocycles. The summed E-state index contributed by atoms with van der Waals surface area (Å²) in [6.07, 6.45) is 1.95. The summed E-state index contributed by atoms with van der Waals surface area (Å²) in [5.74, 6) is 0.618. The molecule has 0 fully saturated rings. The molecule has 0 saturated heterocycles. The Labute approximate surface area is 146 Å². The Bertz CT molecular complexity index is 922. The Balaban J connectivity index is 1.54. The molecule has 0 amide bonds. The van der Waals surface area contributed by atoms with E-state index in [4.69, 9.17) is 4.42 Å². The molecule has 1 aromatic carbocycles. The first-order valence-electron chi connectivity index (χ1n) is 7.78. The highest BCUT2D eigenvalue weighted by Crippen LogP contribution is 2.14. The van der Waals surface area contributed by atoms with Crippen molar-refractivity contribution in [3.8, 4) is 11.6 Å². The Hall–Kier alpha value is -2.58. The highest BCUT2D eigenvalue weighted by Gasteiger charge is 2.13. The van der Waals surface area contributed by atoms with Gasteiger partial charge < -0.3 is 4.42 Å². The summed E-state index contributed by atoms with van der Waals surface area (Å²) in [5.41, 5.74) is 2.42. The lowest BCUT2D eigenvalue weighted by atomic mass is 10.2. The van der Waals surface area contributed by atoms with E-state index in [1.165, 1.54) is 0 Å². The first kappa shape index (κ1) is 17.2. The zero-order valence-corrected chi connectivity index (χ0v) is 14.5. The molecule has 3 rings (SSSR count). The molecule has 0 atom stereocenters. The van der Waals surface area contributed by atoms with Gasteiger partial charge in [0.25, 0.3) is 5.89 Å². The van der Waals surface area contributed by atoms with E-state index in [1.807, 2.05) is 37.3 Å². The normalized spacial score (nSPS) is 11.6. The molecular weight excluding hydrogens is 340 g/mol. The molecule has 7 nitrogen and oxygen atoms in total. The van der Waals surface area contributed by atoms with Crippen LogP contribution in [0.2, 0.25) is 0 Å². The molecule has 130 valence electrons. The molecule has 1 N–H and O–H groups in total. The van der Waals surface area contributed by atoms with Crippen molar-refractivity contribution in [2.75, 3.05) is 6.54 Å². The van der Waals surface area contributed by atoms with Crippen LogP contribution in [0.1, 0.15) is 17.0 Å². The van der Waals surface area contributed by atoms with Crippen LogP contribution in [0.4, 0.5) is 0 Å². The number of rotatable bonds is 7. The lowest BCUT2D eigenvalue weighted by Gasteiger charge is -2.06. The number of hydrogen-bond acceptors (Lipinski definition) is 6. The number of hydrogen-bond donors (Lipinski definition) is 1. The molecule has 0 bridgehead atoms. The lowest BCUT2D eigenvalue weighted by Crippen LogP contribution is -2.27. The third-order valence-electron chi connectivity index (χ3n) is 3.49. The number of sulfonamides is 1. The summed E-state index contributed by atoms with van der Waals surface area (Å²) in [4.78, 5) is 4.13. The Morgan fingerprint density at radius 3 is 2.60 bits per heavy atom. The van der Waals surface area contributed by atoms with Crippen molar-refractivity contribution in [1.29, 1.82) is 0 Å². The van der Waals surface area contributed by atoms with E-state index in [9.17, 15) is 8.42 Å². The minimum atomic E-state index is -3.42. The van der Waals surface area contributed by atoms with Gasteiger partial charge in [-0.05, 0) is 24.6 Å². The number of nitrogens with one attached hydrogen (secondary N) is 1. The van der Waals surface area contributed by atoms with E-state index < -0.39 is 10.0 Å².